The molecule has 0 aliphatic heterocycles. The molecule has 0 bridgehead atoms. The maximum absolute atomic E-state index is 13.7. The number of methoxy groups -OCH3 is 1. The van der Waals surface area contributed by atoms with Crippen molar-refractivity contribution in [1.82, 2.24) is 19.7 Å². The van der Waals surface area contributed by atoms with Gasteiger partial charge in [0.2, 0.25) is 0 Å². The average molecular weight is 358 g/mol. The van der Waals surface area contributed by atoms with E-state index >= 15 is 0 Å². The van der Waals surface area contributed by atoms with Crippen molar-refractivity contribution >= 4 is 17.5 Å². The Bertz CT molecular complexity index is 899. The molecule has 3 aromatic rings. The fourth-order valence-corrected chi connectivity index (χ4v) is 3.05. The van der Waals surface area contributed by atoms with Crippen LogP contribution in [-0.2, 0) is 7.05 Å². The molecule has 1 aromatic carbocycles. The zero-order valence-corrected chi connectivity index (χ0v) is 14.5. The van der Waals surface area contributed by atoms with Gasteiger partial charge >= 0.3 is 0 Å². The molecule has 2 aromatic heterocycles. The van der Waals surface area contributed by atoms with Gasteiger partial charge in [-0.3, -0.25) is 9.78 Å². The maximum atomic E-state index is 13.7. The number of rotatable bonds is 6. The Hall–Kier alpha value is -2.74. The number of aromatic nitrogens is 4. The van der Waals surface area contributed by atoms with Gasteiger partial charge in [0, 0.05) is 30.6 Å². The average Bonchev–Trinajstić information content (AvgIpc) is 3.01. The molecule has 6 nitrogen and oxygen atoms in total. The van der Waals surface area contributed by atoms with Gasteiger partial charge in [-0.1, -0.05) is 11.8 Å². The summed E-state index contributed by atoms with van der Waals surface area (Å²) < 4.78 is 20.4. The first-order valence-electron chi connectivity index (χ1n) is 7.39. The summed E-state index contributed by atoms with van der Waals surface area (Å²) >= 11 is 1.25. The third kappa shape index (κ3) is 3.69. The predicted octanol–water partition coefficient (Wildman–Crippen LogP) is 3.00. The normalized spacial score (nSPS) is 10.7. The lowest BCUT2D eigenvalue weighted by atomic mass is 10.1. The van der Waals surface area contributed by atoms with Crippen LogP contribution in [0.4, 0.5) is 4.39 Å². The quantitative estimate of drug-likeness (QED) is 0.498. The van der Waals surface area contributed by atoms with Gasteiger partial charge in [0.05, 0.1) is 12.9 Å². The zero-order valence-electron chi connectivity index (χ0n) is 13.6. The van der Waals surface area contributed by atoms with Crippen LogP contribution in [0.5, 0.6) is 5.75 Å². The molecule has 0 radical (unpaired) electrons. The van der Waals surface area contributed by atoms with Gasteiger partial charge in [0.25, 0.3) is 0 Å². The van der Waals surface area contributed by atoms with E-state index in [1.165, 1.54) is 31.0 Å². The number of benzene rings is 1. The number of halogens is 1. The Morgan fingerprint density at radius 3 is 2.68 bits per heavy atom. The van der Waals surface area contributed by atoms with Crippen LogP contribution in [0, 0.1) is 5.82 Å². The van der Waals surface area contributed by atoms with Crippen molar-refractivity contribution in [3.8, 4) is 17.1 Å². The first-order chi connectivity index (χ1) is 12.1. The molecule has 0 saturated carbocycles. The molecule has 128 valence electrons. The number of ether oxygens (including phenoxy) is 1. The van der Waals surface area contributed by atoms with E-state index in [0.29, 0.717) is 16.5 Å². The van der Waals surface area contributed by atoms with Gasteiger partial charge < -0.3 is 9.30 Å². The molecule has 8 heteroatoms. The fraction of sp³-hybridized carbons (Fsp3) is 0.176. The van der Waals surface area contributed by atoms with Crippen molar-refractivity contribution < 1.29 is 13.9 Å². The Morgan fingerprint density at radius 1 is 1.24 bits per heavy atom. The van der Waals surface area contributed by atoms with E-state index in [9.17, 15) is 9.18 Å². The highest BCUT2D eigenvalue weighted by Gasteiger charge is 2.15. The van der Waals surface area contributed by atoms with Gasteiger partial charge in [-0.05, 0) is 30.3 Å². The first-order valence-corrected chi connectivity index (χ1v) is 8.38. The standard InChI is InChI=1S/C17H15FN4O2S/c1-22-16(11-5-7-19-8-6-11)20-21-17(22)25-10-14(23)12-3-4-15(24-2)13(18)9-12/h3-9H,10H2,1-2H3. The number of hydrogen-bond donors (Lipinski definition) is 0. The van der Waals surface area contributed by atoms with Crippen LogP contribution in [0.2, 0.25) is 0 Å². The summed E-state index contributed by atoms with van der Waals surface area (Å²) in [4.78, 5) is 16.2. The number of Topliss-reactive ketones (excluding diaryl/α,β-unsaturated/α-hetero) is 1. The smallest absolute Gasteiger partial charge is 0.191 e. The van der Waals surface area contributed by atoms with Gasteiger partial charge in [-0.25, -0.2) is 4.39 Å². The monoisotopic (exact) mass is 358 g/mol. The minimum absolute atomic E-state index is 0.111. The number of carbonyl (C=O) groups excluding carboxylic acids is 1. The maximum Gasteiger partial charge on any atom is 0.191 e. The molecular weight excluding hydrogens is 343 g/mol. The zero-order chi connectivity index (χ0) is 17.8. The molecule has 0 atom stereocenters. The molecule has 0 unspecified atom stereocenters. The second-order valence-corrected chi connectivity index (χ2v) is 6.10. The summed E-state index contributed by atoms with van der Waals surface area (Å²) in [5, 5.41) is 8.87. The summed E-state index contributed by atoms with van der Waals surface area (Å²) in [6.45, 7) is 0. The molecule has 0 saturated heterocycles. The second kappa shape index (κ2) is 7.43. The van der Waals surface area contributed by atoms with Crippen molar-refractivity contribution in [1.29, 1.82) is 0 Å². The third-order valence-corrected chi connectivity index (χ3v) is 4.60. The van der Waals surface area contributed by atoms with E-state index in [1.807, 2.05) is 23.7 Å². The summed E-state index contributed by atoms with van der Waals surface area (Å²) in [5.74, 6) is 0.179. The van der Waals surface area contributed by atoms with E-state index < -0.39 is 5.82 Å². The predicted molar refractivity (Wildman–Crippen MR) is 92.2 cm³/mol. The highest BCUT2D eigenvalue weighted by molar-refractivity contribution is 7.99. The van der Waals surface area contributed by atoms with Crippen LogP contribution in [0.25, 0.3) is 11.4 Å². The van der Waals surface area contributed by atoms with Crippen molar-refractivity contribution in [3.63, 3.8) is 0 Å². The topological polar surface area (TPSA) is 69.9 Å². The molecule has 0 N–H and O–H groups in total. The van der Waals surface area contributed by atoms with E-state index in [4.69, 9.17) is 4.74 Å². The van der Waals surface area contributed by atoms with Crippen LogP contribution >= 0.6 is 11.8 Å². The van der Waals surface area contributed by atoms with Crippen LogP contribution in [0.3, 0.4) is 0 Å². The number of thioether (sulfide) groups is 1. The number of nitrogens with zero attached hydrogens (tertiary/aromatic N) is 4. The molecule has 2 heterocycles. The summed E-state index contributed by atoms with van der Waals surface area (Å²) in [5.41, 5.74) is 1.18. The van der Waals surface area contributed by atoms with Crippen molar-refractivity contribution in [2.45, 2.75) is 5.16 Å². The summed E-state index contributed by atoms with van der Waals surface area (Å²) in [7, 11) is 3.21. The lowest BCUT2D eigenvalue weighted by molar-refractivity contribution is 0.102. The largest absolute Gasteiger partial charge is 0.494 e. The van der Waals surface area contributed by atoms with Gasteiger partial charge in [-0.15, -0.1) is 10.2 Å². The Morgan fingerprint density at radius 2 is 2.00 bits per heavy atom. The van der Waals surface area contributed by atoms with Crippen LogP contribution in [0.1, 0.15) is 10.4 Å². The van der Waals surface area contributed by atoms with Gasteiger partial charge in [0.1, 0.15) is 0 Å². The molecular formula is C17H15FN4O2S. The SMILES string of the molecule is COc1ccc(C(=O)CSc2nnc(-c3ccncc3)n2C)cc1F. The summed E-state index contributed by atoms with van der Waals surface area (Å²) in [6.07, 6.45) is 3.36. The van der Waals surface area contributed by atoms with Crippen molar-refractivity contribution in [3.05, 3.63) is 54.1 Å². The van der Waals surface area contributed by atoms with E-state index in [2.05, 4.69) is 15.2 Å². The Labute approximate surface area is 148 Å². The van der Waals surface area contributed by atoms with Crippen molar-refractivity contribution in [2.75, 3.05) is 12.9 Å². The van der Waals surface area contributed by atoms with Gasteiger partial charge in [0.15, 0.2) is 28.3 Å². The highest BCUT2D eigenvalue weighted by Crippen LogP contribution is 2.24. The van der Waals surface area contributed by atoms with E-state index in [-0.39, 0.29) is 17.3 Å². The van der Waals surface area contributed by atoms with E-state index in [1.54, 1.807) is 18.5 Å². The Kier molecular flexibility index (Phi) is 5.08. The molecule has 0 aliphatic carbocycles. The number of ketones is 1. The molecule has 3 rings (SSSR count). The highest BCUT2D eigenvalue weighted by atomic mass is 32.2. The summed E-state index contributed by atoms with van der Waals surface area (Å²) in [6, 6.07) is 7.84. The van der Waals surface area contributed by atoms with Gasteiger partial charge in [-0.2, -0.15) is 0 Å². The van der Waals surface area contributed by atoms with Crippen molar-refractivity contribution in [2.24, 2.45) is 7.05 Å². The molecule has 25 heavy (non-hydrogen) atoms. The molecule has 0 fully saturated rings. The second-order valence-electron chi connectivity index (χ2n) is 5.16. The number of hydrogen-bond acceptors (Lipinski definition) is 6. The van der Waals surface area contributed by atoms with Crippen LogP contribution in [0.15, 0.2) is 47.9 Å². The molecule has 0 aliphatic rings. The Balaban J connectivity index is 1.71. The lowest BCUT2D eigenvalue weighted by Crippen LogP contribution is -2.05. The number of pyridine rings is 1. The lowest BCUT2D eigenvalue weighted by Gasteiger charge is -2.05. The van der Waals surface area contributed by atoms with E-state index in [0.717, 1.165) is 5.56 Å². The molecule has 0 amide bonds. The molecule has 0 spiro atoms. The van der Waals surface area contributed by atoms with Crippen LogP contribution < -0.4 is 4.74 Å². The van der Waals surface area contributed by atoms with Crippen LogP contribution in [-0.4, -0.2) is 38.4 Å². The first kappa shape index (κ1) is 17.1. The third-order valence-electron chi connectivity index (χ3n) is 3.58. The number of carbonyl (C=O) groups is 1. The minimum atomic E-state index is -0.558. The minimum Gasteiger partial charge on any atom is -0.494 e. The fourth-order valence-electron chi connectivity index (χ4n) is 2.25.